The molecule has 0 spiro atoms. The van der Waals surface area contributed by atoms with Crippen LogP contribution in [0.25, 0.3) is 0 Å². The maximum absolute atomic E-state index is 12.9. The minimum Gasteiger partial charge on any atom is -0.347 e. The summed E-state index contributed by atoms with van der Waals surface area (Å²) < 4.78 is 12.9. The lowest BCUT2D eigenvalue weighted by Gasteiger charge is -2.14. The number of amides is 4. The molecule has 0 aliphatic heterocycles. The number of rotatable bonds is 10. The van der Waals surface area contributed by atoms with Crippen LogP contribution in [0.5, 0.6) is 0 Å². The molecule has 1 atom stereocenters. The number of carbonyl (C=O) groups excluding carboxylic acids is 5. The zero-order valence-corrected chi connectivity index (χ0v) is 17.3. The second-order valence-corrected chi connectivity index (χ2v) is 6.79. The van der Waals surface area contributed by atoms with Crippen LogP contribution in [-0.4, -0.2) is 48.5 Å². The molecular weight excluding hydrogens is 419 g/mol. The molecule has 0 fully saturated rings. The van der Waals surface area contributed by atoms with Crippen LogP contribution >= 0.6 is 0 Å². The Balaban J connectivity index is 1.68. The Morgan fingerprint density at radius 2 is 1.50 bits per heavy atom. The largest absolute Gasteiger partial charge is 0.347 e. The maximum Gasteiger partial charge on any atom is 0.289 e. The molecule has 10 heteroatoms. The first-order chi connectivity index (χ1) is 15.3. The Hall–Kier alpha value is -4.08. The fraction of sp³-hybridized carbons (Fsp3) is 0.227. The molecule has 9 nitrogen and oxygen atoms in total. The van der Waals surface area contributed by atoms with Gasteiger partial charge in [-0.05, 0) is 36.8 Å². The highest BCUT2D eigenvalue weighted by molar-refractivity contribution is 6.37. The van der Waals surface area contributed by atoms with Gasteiger partial charge in [0.05, 0.1) is 13.1 Å². The average molecular weight is 442 g/mol. The van der Waals surface area contributed by atoms with Crippen LogP contribution in [-0.2, 0) is 25.7 Å². The molecule has 1 unspecified atom stereocenters. The van der Waals surface area contributed by atoms with E-state index in [0.717, 1.165) is 0 Å². The summed E-state index contributed by atoms with van der Waals surface area (Å²) in [5, 5.41) is 9.45. The van der Waals surface area contributed by atoms with E-state index < -0.39 is 47.8 Å². The molecule has 0 bridgehead atoms. The summed E-state index contributed by atoms with van der Waals surface area (Å²) in [6, 6.07) is 12.7. The number of benzene rings is 2. The zero-order valence-electron chi connectivity index (χ0n) is 17.3. The van der Waals surface area contributed by atoms with E-state index in [4.69, 9.17) is 0 Å². The minimum atomic E-state index is -0.994. The Morgan fingerprint density at radius 1 is 0.844 bits per heavy atom. The molecule has 0 heterocycles. The Morgan fingerprint density at radius 3 is 2.16 bits per heavy atom. The number of halogens is 1. The van der Waals surface area contributed by atoms with E-state index in [1.165, 1.54) is 31.2 Å². The van der Waals surface area contributed by atoms with Gasteiger partial charge in [-0.3, -0.25) is 24.0 Å². The van der Waals surface area contributed by atoms with Gasteiger partial charge in [0, 0.05) is 12.1 Å². The molecule has 4 amide bonds. The van der Waals surface area contributed by atoms with E-state index in [9.17, 15) is 28.4 Å². The lowest BCUT2D eigenvalue weighted by molar-refractivity contribution is -0.138. The van der Waals surface area contributed by atoms with Crippen molar-refractivity contribution in [3.8, 4) is 0 Å². The molecule has 0 saturated carbocycles. The summed E-state index contributed by atoms with van der Waals surface area (Å²) in [6.45, 7) is 0.528. The standard InChI is InChI=1S/C22H23FN4O5/c1-14(27-19(29)13-26-21(31)16-5-3-2-4-6-16)20(30)25-12-18(28)22(32)24-11-15-7-9-17(23)10-8-15/h2-10,14H,11-13H2,1H3,(H,24,32)(H,25,30)(H,26,31)(H,27,29). The molecule has 0 aliphatic rings. The number of nitrogens with one attached hydrogen (secondary N) is 4. The van der Waals surface area contributed by atoms with E-state index in [1.54, 1.807) is 30.3 Å². The van der Waals surface area contributed by atoms with Gasteiger partial charge in [0.2, 0.25) is 17.6 Å². The summed E-state index contributed by atoms with van der Waals surface area (Å²) in [7, 11) is 0. The van der Waals surface area contributed by atoms with Gasteiger partial charge < -0.3 is 21.3 Å². The van der Waals surface area contributed by atoms with E-state index in [0.29, 0.717) is 11.1 Å². The first-order valence-electron chi connectivity index (χ1n) is 9.72. The molecular formula is C22H23FN4O5. The Kier molecular flexibility index (Phi) is 9.03. The van der Waals surface area contributed by atoms with Crippen LogP contribution in [0.3, 0.4) is 0 Å². The summed E-state index contributed by atoms with van der Waals surface area (Å²) in [6.07, 6.45) is 0. The van der Waals surface area contributed by atoms with Gasteiger partial charge in [0.1, 0.15) is 11.9 Å². The highest BCUT2D eigenvalue weighted by atomic mass is 19.1. The predicted octanol–water partition coefficient (Wildman–Crippen LogP) is 0.0619. The van der Waals surface area contributed by atoms with E-state index in [2.05, 4.69) is 21.3 Å². The van der Waals surface area contributed by atoms with Gasteiger partial charge in [0.25, 0.3) is 11.8 Å². The van der Waals surface area contributed by atoms with Crippen molar-refractivity contribution in [2.24, 2.45) is 0 Å². The van der Waals surface area contributed by atoms with Crippen molar-refractivity contribution < 1.29 is 28.4 Å². The average Bonchev–Trinajstić information content (AvgIpc) is 2.80. The molecule has 0 saturated heterocycles. The normalized spacial score (nSPS) is 11.1. The molecule has 2 rings (SSSR count). The first-order valence-corrected chi connectivity index (χ1v) is 9.72. The van der Waals surface area contributed by atoms with Crippen molar-refractivity contribution in [2.75, 3.05) is 13.1 Å². The van der Waals surface area contributed by atoms with Crippen LogP contribution in [0.15, 0.2) is 54.6 Å². The van der Waals surface area contributed by atoms with Crippen LogP contribution in [0, 0.1) is 5.82 Å². The van der Waals surface area contributed by atoms with Crippen molar-refractivity contribution >= 4 is 29.4 Å². The van der Waals surface area contributed by atoms with E-state index in [1.807, 2.05) is 0 Å². The molecule has 2 aromatic rings. The minimum absolute atomic E-state index is 0.0277. The van der Waals surface area contributed by atoms with Crippen LogP contribution in [0.2, 0.25) is 0 Å². The molecule has 168 valence electrons. The summed E-state index contributed by atoms with van der Waals surface area (Å²) >= 11 is 0. The number of hydrogen-bond acceptors (Lipinski definition) is 5. The molecule has 4 N–H and O–H groups in total. The third-order valence-corrected chi connectivity index (χ3v) is 4.26. The summed E-state index contributed by atoms with van der Waals surface area (Å²) in [4.78, 5) is 59.5. The first kappa shape index (κ1) is 24.2. The van der Waals surface area contributed by atoms with Gasteiger partial charge in [-0.15, -0.1) is 0 Å². The number of hydrogen-bond donors (Lipinski definition) is 4. The van der Waals surface area contributed by atoms with Crippen LogP contribution < -0.4 is 21.3 Å². The second-order valence-electron chi connectivity index (χ2n) is 6.79. The van der Waals surface area contributed by atoms with Gasteiger partial charge in [-0.1, -0.05) is 30.3 Å². The smallest absolute Gasteiger partial charge is 0.289 e. The van der Waals surface area contributed by atoms with Crippen molar-refractivity contribution in [1.82, 2.24) is 21.3 Å². The van der Waals surface area contributed by atoms with Gasteiger partial charge >= 0.3 is 0 Å². The number of ketones is 1. The number of Topliss-reactive ketones (excluding diaryl/α,β-unsaturated/α-hetero) is 1. The summed E-state index contributed by atoms with van der Waals surface area (Å²) in [5.41, 5.74) is 0.995. The third-order valence-electron chi connectivity index (χ3n) is 4.26. The summed E-state index contributed by atoms with van der Waals surface area (Å²) in [5.74, 6) is -3.91. The highest BCUT2D eigenvalue weighted by Crippen LogP contribution is 2.02. The monoisotopic (exact) mass is 442 g/mol. The Bertz CT molecular complexity index is 980. The van der Waals surface area contributed by atoms with Gasteiger partial charge in [-0.2, -0.15) is 0 Å². The van der Waals surface area contributed by atoms with Crippen molar-refractivity contribution in [2.45, 2.75) is 19.5 Å². The highest BCUT2D eigenvalue weighted by Gasteiger charge is 2.19. The molecule has 2 aromatic carbocycles. The SMILES string of the molecule is CC(NC(=O)CNC(=O)c1ccccc1)C(=O)NCC(=O)C(=O)NCc1ccc(F)cc1. The van der Waals surface area contributed by atoms with Crippen LogP contribution in [0.4, 0.5) is 4.39 Å². The van der Waals surface area contributed by atoms with Crippen molar-refractivity contribution in [1.29, 1.82) is 0 Å². The predicted molar refractivity (Wildman–Crippen MR) is 113 cm³/mol. The lowest BCUT2D eigenvalue weighted by atomic mass is 10.2. The topological polar surface area (TPSA) is 133 Å². The molecule has 0 aromatic heterocycles. The zero-order chi connectivity index (χ0) is 23.5. The van der Waals surface area contributed by atoms with Crippen molar-refractivity contribution in [3.63, 3.8) is 0 Å². The van der Waals surface area contributed by atoms with Crippen LogP contribution in [0.1, 0.15) is 22.8 Å². The van der Waals surface area contributed by atoms with E-state index in [-0.39, 0.29) is 13.1 Å². The molecule has 0 radical (unpaired) electrons. The van der Waals surface area contributed by atoms with Crippen molar-refractivity contribution in [3.05, 3.63) is 71.5 Å². The molecule has 32 heavy (non-hydrogen) atoms. The number of carbonyl (C=O) groups is 5. The third kappa shape index (κ3) is 7.98. The lowest BCUT2D eigenvalue weighted by Crippen LogP contribution is -2.49. The fourth-order valence-corrected chi connectivity index (χ4v) is 2.49. The second kappa shape index (κ2) is 11.9. The fourth-order valence-electron chi connectivity index (χ4n) is 2.49. The van der Waals surface area contributed by atoms with Gasteiger partial charge in [0.15, 0.2) is 0 Å². The van der Waals surface area contributed by atoms with Gasteiger partial charge in [-0.25, -0.2) is 4.39 Å². The quantitative estimate of drug-likeness (QED) is 0.386. The maximum atomic E-state index is 12.9. The molecule has 0 aliphatic carbocycles. The Labute approximate surface area is 183 Å². The van der Waals surface area contributed by atoms with E-state index >= 15 is 0 Å².